The van der Waals surface area contributed by atoms with E-state index in [1.165, 1.54) is 0 Å². The number of amides is 2. The molecule has 0 aliphatic carbocycles. The van der Waals surface area contributed by atoms with Gasteiger partial charge in [0.15, 0.2) is 5.69 Å². The highest BCUT2D eigenvalue weighted by molar-refractivity contribution is 7.03. The normalized spacial score (nSPS) is 16.4. The fourth-order valence-corrected chi connectivity index (χ4v) is 3.23. The molecule has 140 valence electrons. The maximum absolute atomic E-state index is 12.5. The molecule has 10 heteroatoms. The van der Waals surface area contributed by atoms with Crippen molar-refractivity contribution in [1.82, 2.24) is 30.0 Å². The van der Waals surface area contributed by atoms with E-state index in [2.05, 4.69) is 25.3 Å². The van der Waals surface area contributed by atoms with Crippen molar-refractivity contribution < 1.29 is 14.3 Å². The van der Waals surface area contributed by atoms with Crippen LogP contribution in [0, 0.1) is 5.92 Å². The Morgan fingerprint density at radius 2 is 2.19 bits per heavy atom. The number of hydrogen-bond acceptors (Lipinski definition) is 7. The van der Waals surface area contributed by atoms with Crippen LogP contribution in [0.5, 0.6) is 0 Å². The van der Waals surface area contributed by atoms with Crippen LogP contribution in [-0.2, 0) is 24.8 Å². The van der Waals surface area contributed by atoms with Crippen molar-refractivity contribution in [3.05, 3.63) is 28.0 Å². The molecule has 3 rings (SSSR count). The lowest BCUT2D eigenvalue weighted by atomic mass is 10.0. The Kier molecular flexibility index (Phi) is 5.62. The van der Waals surface area contributed by atoms with Gasteiger partial charge in [0.2, 0.25) is 0 Å². The molecule has 2 aromatic rings. The fraction of sp³-hybridized carbons (Fsp3) is 0.562. The Hall–Kier alpha value is -2.33. The molecule has 2 aromatic heterocycles. The zero-order valence-electron chi connectivity index (χ0n) is 15.0. The van der Waals surface area contributed by atoms with Gasteiger partial charge in [-0.05, 0) is 17.5 Å². The molecule has 2 N–H and O–H groups in total. The van der Waals surface area contributed by atoms with E-state index in [4.69, 9.17) is 4.74 Å². The molecule has 2 amide bonds. The van der Waals surface area contributed by atoms with Crippen molar-refractivity contribution in [3.63, 3.8) is 0 Å². The first-order chi connectivity index (χ1) is 12.5. The number of aromatic nitrogens is 4. The van der Waals surface area contributed by atoms with Crippen LogP contribution in [0.2, 0.25) is 0 Å². The molecule has 0 radical (unpaired) electrons. The number of aryl methyl sites for hydroxylation is 1. The number of nitrogens with one attached hydrogen (secondary N) is 2. The second kappa shape index (κ2) is 7.92. The van der Waals surface area contributed by atoms with Gasteiger partial charge in [-0.1, -0.05) is 18.3 Å². The summed E-state index contributed by atoms with van der Waals surface area (Å²) in [6.45, 7) is 5.35. The highest BCUT2D eigenvalue weighted by Gasteiger charge is 2.29. The highest BCUT2D eigenvalue weighted by atomic mass is 32.1. The highest BCUT2D eigenvalue weighted by Crippen LogP contribution is 2.23. The Morgan fingerprint density at radius 1 is 1.38 bits per heavy atom. The largest absolute Gasteiger partial charge is 0.370 e. The molecule has 0 saturated carbocycles. The molecule has 9 nitrogen and oxygen atoms in total. The van der Waals surface area contributed by atoms with Crippen molar-refractivity contribution in [3.8, 4) is 0 Å². The first-order valence-corrected chi connectivity index (χ1v) is 9.29. The Bertz CT molecular complexity index is 786. The molecule has 1 unspecified atom stereocenters. The predicted octanol–water partition coefficient (Wildman–Crippen LogP) is 0.529. The average molecular weight is 378 g/mol. The van der Waals surface area contributed by atoms with E-state index >= 15 is 0 Å². The smallest absolute Gasteiger partial charge is 0.272 e. The Labute approximate surface area is 155 Å². The first-order valence-electron chi connectivity index (χ1n) is 8.45. The zero-order valence-corrected chi connectivity index (χ0v) is 15.8. The second-order valence-corrected chi connectivity index (χ2v) is 7.25. The van der Waals surface area contributed by atoms with Crippen LogP contribution >= 0.6 is 11.5 Å². The fourth-order valence-electron chi connectivity index (χ4n) is 2.79. The number of rotatable bonds is 6. The Morgan fingerprint density at radius 3 is 2.88 bits per heavy atom. The van der Waals surface area contributed by atoms with Crippen LogP contribution in [0.15, 0.2) is 5.38 Å². The van der Waals surface area contributed by atoms with E-state index in [-0.39, 0.29) is 17.9 Å². The summed E-state index contributed by atoms with van der Waals surface area (Å²) in [5.74, 6) is -0.0445. The molecule has 0 fully saturated rings. The molecule has 1 aliphatic rings. The van der Waals surface area contributed by atoms with Gasteiger partial charge in [0.25, 0.3) is 11.8 Å². The number of nitrogens with zero attached hydrogens (tertiary/aromatic N) is 4. The number of hydrogen-bond donors (Lipinski definition) is 2. The minimum Gasteiger partial charge on any atom is -0.370 e. The van der Waals surface area contributed by atoms with Crippen LogP contribution in [0.4, 0.5) is 0 Å². The monoisotopic (exact) mass is 378 g/mol. The predicted molar refractivity (Wildman–Crippen MR) is 94.9 cm³/mol. The maximum Gasteiger partial charge on any atom is 0.272 e. The van der Waals surface area contributed by atoms with Gasteiger partial charge in [-0.25, -0.2) is 0 Å². The number of fused-ring (bicyclic) bond motifs is 1. The van der Waals surface area contributed by atoms with E-state index in [1.54, 1.807) is 17.1 Å². The third kappa shape index (κ3) is 4.07. The summed E-state index contributed by atoms with van der Waals surface area (Å²) < 4.78 is 11.0. The van der Waals surface area contributed by atoms with Crippen LogP contribution in [0.25, 0.3) is 0 Å². The van der Waals surface area contributed by atoms with Gasteiger partial charge in [-0.3, -0.25) is 14.3 Å². The molecule has 1 atom stereocenters. The Balaban J connectivity index is 1.65. The van der Waals surface area contributed by atoms with Crippen molar-refractivity contribution in [2.75, 3.05) is 13.1 Å². The molecule has 26 heavy (non-hydrogen) atoms. The maximum atomic E-state index is 12.5. The molecule has 1 aliphatic heterocycles. The van der Waals surface area contributed by atoms with Crippen molar-refractivity contribution in [1.29, 1.82) is 0 Å². The summed E-state index contributed by atoms with van der Waals surface area (Å²) in [6, 6.07) is 0. The lowest BCUT2D eigenvalue weighted by molar-refractivity contribution is 0.0265. The summed E-state index contributed by atoms with van der Waals surface area (Å²) in [4.78, 5) is 24.5. The SMILES string of the molecule is CC(C)CNC(=O)c1c2c(nn1C)COC(CNC(=O)c1csnn1)C2. The topological polar surface area (TPSA) is 111 Å². The third-order valence-electron chi connectivity index (χ3n) is 4.08. The van der Waals surface area contributed by atoms with Crippen LogP contribution in [-0.4, -0.2) is 50.4 Å². The molecule has 0 spiro atoms. The summed E-state index contributed by atoms with van der Waals surface area (Å²) in [7, 11) is 1.76. The van der Waals surface area contributed by atoms with Crippen molar-refractivity contribution >= 4 is 23.3 Å². The van der Waals surface area contributed by atoms with Crippen molar-refractivity contribution in [2.24, 2.45) is 13.0 Å². The number of carbonyl (C=O) groups is 2. The molecular formula is C16H22N6O3S. The molecule has 3 heterocycles. The van der Waals surface area contributed by atoms with E-state index in [0.29, 0.717) is 43.4 Å². The van der Waals surface area contributed by atoms with Gasteiger partial charge >= 0.3 is 0 Å². The minimum atomic E-state index is -0.283. The average Bonchev–Trinajstić information content (AvgIpc) is 3.24. The van der Waals surface area contributed by atoms with E-state index < -0.39 is 0 Å². The third-order valence-corrected chi connectivity index (χ3v) is 4.59. The number of carbonyl (C=O) groups excluding carboxylic acids is 2. The molecule has 0 aromatic carbocycles. The van der Waals surface area contributed by atoms with E-state index in [0.717, 1.165) is 22.8 Å². The van der Waals surface area contributed by atoms with Gasteiger partial charge in [0.05, 0.1) is 18.4 Å². The standard InChI is InChI=1S/C16H22N6O3S/c1-9(2)5-17-16(24)14-11-4-10(25-7-12(11)20-22(14)3)6-18-15(23)13-8-26-21-19-13/h8-10H,4-7H2,1-3H3,(H,17,24)(H,18,23). The second-order valence-electron chi connectivity index (χ2n) is 6.64. The summed E-state index contributed by atoms with van der Waals surface area (Å²) in [5.41, 5.74) is 2.51. The summed E-state index contributed by atoms with van der Waals surface area (Å²) in [6.07, 6.45) is 0.294. The quantitative estimate of drug-likeness (QED) is 0.758. The van der Waals surface area contributed by atoms with Crippen LogP contribution in [0.1, 0.15) is 46.1 Å². The van der Waals surface area contributed by atoms with Crippen LogP contribution < -0.4 is 10.6 Å². The van der Waals surface area contributed by atoms with Crippen molar-refractivity contribution in [2.45, 2.75) is 33.0 Å². The van der Waals surface area contributed by atoms with E-state index in [1.807, 2.05) is 13.8 Å². The van der Waals surface area contributed by atoms with E-state index in [9.17, 15) is 9.59 Å². The van der Waals surface area contributed by atoms with Crippen LogP contribution in [0.3, 0.4) is 0 Å². The van der Waals surface area contributed by atoms with Gasteiger partial charge in [0, 0.05) is 37.5 Å². The molecule has 0 saturated heterocycles. The molecule has 0 bridgehead atoms. The summed E-state index contributed by atoms with van der Waals surface area (Å²) >= 11 is 1.13. The summed E-state index contributed by atoms with van der Waals surface area (Å²) in [5, 5.41) is 15.5. The zero-order chi connectivity index (χ0) is 18.7. The lowest BCUT2D eigenvalue weighted by Gasteiger charge is -2.23. The lowest BCUT2D eigenvalue weighted by Crippen LogP contribution is -2.37. The van der Waals surface area contributed by atoms with Gasteiger partial charge in [-0.2, -0.15) is 5.10 Å². The van der Waals surface area contributed by atoms with Gasteiger partial charge in [-0.15, -0.1) is 5.10 Å². The first kappa shape index (κ1) is 18.5. The van der Waals surface area contributed by atoms with Gasteiger partial charge in [0.1, 0.15) is 5.69 Å². The minimum absolute atomic E-state index is 0.131. The van der Waals surface area contributed by atoms with Gasteiger partial charge < -0.3 is 15.4 Å². The number of ether oxygens (including phenoxy) is 1. The molecular weight excluding hydrogens is 356 g/mol.